The molecule has 0 spiro atoms. The fourth-order valence-electron chi connectivity index (χ4n) is 3.40. The van der Waals surface area contributed by atoms with Gasteiger partial charge in [0.15, 0.2) is 0 Å². The normalized spacial score (nSPS) is 23.5. The van der Waals surface area contributed by atoms with Crippen molar-refractivity contribution >= 4 is 0 Å². The van der Waals surface area contributed by atoms with E-state index in [1.165, 1.54) is 44.3 Å². The molecule has 2 rings (SSSR count). The van der Waals surface area contributed by atoms with Crippen LogP contribution in [-0.2, 0) is 6.42 Å². The molecular weight excluding hydrogens is 206 g/mol. The van der Waals surface area contributed by atoms with Crippen molar-refractivity contribution < 1.29 is 0 Å². The maximum Gasteiger partial charge on any atom is -0.00120 e. The van der Waals surface area contributed by atoms with E-state index >= 15 is 0 Å². The van der Waals surface area contributed by atoms with Crippen molar-refractivity contribution in [1.82, 2.24) is 5.32 Å². The molecule has 1 fully saturated rings. The van der Waals surface area contributed by atoms with Crippen LogP contribution in [0, 0.1) is 11.3 Å². The predicted octanol–water partition coefficient (Wildman–Crippen LogP) is 3.65. The first-order valence-electron chi connectivity index (χ1n) is 7.05. The maximum absolute atomic E-state index is 3.58. The Balaban J connectivity index is 2.12. The Labute approximate surface area is 106 Å². The van der Waals surface area contributed by atoms with Crippen LogP contribution in [0.3, 0.4) is 0 Å². The van der Waals surface area contributed by atoms with Gasteiger partial charge in [-0.05, 0) is 42.8 Å². The van der Waals surface area contributed by atoms with E-state index in [2.05, 4.69) is 49.5 Å². The lowest BCUT2D eigenvalue weighted by molar-refractivity contribution is 0.0956. The van der Waals surface area contributed by atoms with Gasteiger partial charge in [-0.3, -0.25) is 0 Å². The minimum absolute atomic E-state index is 0.571. The van der Waals surface area contributed by atoms with Crippen molar-refractivity contribution in [1.29, 1.82) is 0 Å². The van der Waals surface area contributed by atoms with Gasteiger partial charge >= 0.3 is 0 Å². The molecule has 1 saturated heterocycles. The highest BCUT2D eigenvalue weighted by Crippen LogP contribution is 2.42. The lowest BCUT2D eigenvalue weighted by Crippen LogP contribution is -2.45. The summed E-state index contributed by atoms with van der Waals surface area (Å²) in [6.07, 6.45) is 5.22. The molecule has 1 aliphatic rings. The largest absolute Gasteiger partial charge is 0.316 e. The van der Waals surface area contributed by atoms with Gasteiger partial charge in [0.2, 0.25) is 0 Å². The molecule has 0 amide bonds. The monoisotopic (exact) mass is 231 g/mol. The minimum Gasteiger partial charge on any atom is -0.316 e. The van der Waals surface area contributed by atoms with Gasteiger partial charge in [-0.15, -0.1) is 0 Å². The molecule has 0 aliphatic carbocycles. The van der Waals surface area contributed by atoms with Crippen LogP contribution in [0.15, 0.2) is 30.3 Å². The minimum atomic E-state index is 0.571. The van der Waals surface area contributed by atoms with E-state index in [1.54, 1.807) is 0 Å². The highest BCUT2D eigenvalue weighted by atomic mass is 14.9. The van der Waals surface area contributed by atoms with Crippen molar-refractivity contribution in [2.75, 3.05) is 13.1 Å². The topological polar surface area (TPSA) is 12.0 Å². The zero-order chi connectivity index (χ0) is 12.1. The number of hydrogen-bond donors (Lipinski definition) is 1. The van der Waals surface area contributed by atoms with Gasteiger partial charge in [-0.25, -0.2) is 0 Å². The zero-order valence-corrected chi connectivity index (χ0v) is 11.2. The van der Waals surface area contributed by atoms with E-state index in [0.29, 0.717) is 5.41 Å². The second-order valence-corrected chi connectivity index (χ2v) is 5.41. The molecule has 1 aliphatic heterocycles. The molecule has 17 heavy (non-hydrogen) atoms. The molecule has 0 saturated carbocycles. The molecule has 1 atom stereocenters. The van der Waals surface area contributed by atoms with Gasteiger partial charge in [0.05, 0.1) is 0 Å². The Kier molecular flexibility index (Phi) is 4.22. The third-order valence-corrected chi connectivity index (χ3v) is 4.79. The number of nitrogens with one attached hydrogen (secondary N) is 1. The Hall–Kier alpha value is -0.820. The summed E-state index contributed by atoms with van der Waals surface area (Å²) in [5.74, 6) is 0.800. The van der Waals surface area contributed by atoms with Gasteiger partial charge in [-0.1, -0.05) is 57.0 Å². The van der Waals surface area contributed by atoms with Crippen molar-refractivity contribution in [3.05, 3.63) is 35.9 Å². The summed E-state index contributed by atoms with van der Waals surface area (Å²) in [4.78, 5) is 0. The van der Waals surface area contributed by atoms with E-state index in [9.17, 15) is 0 Å². The van der Waals surface area contributed by atoms with Crippen LogP contribution in [-0.4, -0.2) is 13.1 Å². The first-order valence-corrected chi connectivity index (χ1v) is 7.05. The number of piperidine rings is 1. The van der Waals surface area contributed by atoms with Crippen LogP contribution >= 0.6 is 0 Å². The molecule has 1 aromatic rings. The fourth-order valence-corrected chi connectivity index (χ4v) is 3.40. The molecule has 1 N–H and O–H groups in total. The van der Waals surface area contributed by atoms with E-state index < -0.39 is 0 Å². The van der Waals surface area contributed by atoms with Crippen LogP contribution in [0.4, 0.5) is 0 Å². The molecular formula is C16H25N. The second kappa shape index (κ2) is 5.68. The van der Waals surface area contributed by atoms with E-state index in [4.69, 9.17) is 0 Å². The van der Waals surface area contributed by atoms with Gasteiger partial charge in [0, 0.05) is 0 Å². The van der Waals surface area contributed by atoms with Crippen molar-refractivity contribution in [2.24, 2.45) is 11.3 Å². The Bertz CT molecular complexity index is 327. The Morgan fingerprint density at radius 1 is 1.18 bits per heavy atom. The molecule has 0 aromatic heterocycles. The lowest BCUT2D eigenvalue weighted by Gasteiger charge is -2.44. The van der Waals surface area contributed by atoms with Crippen LogP contribution in [0.1, 0.15) is 38.7 Å². The maximum atomic E-state index is 3.58. The standard InChI is InChI=1S/C16H25N/c1-3-16(4-2)10-11-17-13-15(16)12-14-8-6-5-7-9-14/h5-9,15,17H,3-4,10-13H2,1-2H3. The third-order valence-electron chi connectivity index (χ3n) is 4.79. The third kappa shape index (κ3) is 2.71. The predicted molar refractivity (Wildman–Crippen MR) is 74.1 cm³/mol. The first-order chi connectivity index (χ1) is 8.30. The summed E-state index contributed by atoms with van der Waals surface area (Å²) < 4.78 is 0. The molecule has 1 unspecified atom stereocenters. The number of hydrogen-bond acceptors (Lipinski definition) is 1. The molecule has 0 radical (unpaired) electrons. The van der Waals surface area contributed by atoms with E-state index in [0.717, 1.165) is 5.92 Å². The molecule has 94 valence electrons. The summed E-state index contributed by atoms with van der Waals surface area (Å²) in [6, 6.07) is 11.0. The van der Waals surface area contributed by atoms with Crippen LogP contribution in [0.2, 0.25) is 0 Å². The molecule has 1 heterocycles. The summed E-state index contributed by atoms with van der Waals surface area (Å²) in [5, 5.41) is 3.58. The summed E-state index contributed by atoms with van der Waals surface area (Å²) in [6.45, 7) is 7.13. The van der Waals surface area contributed by atoms with Gasteiger partial charge < -0.3 is 5.32 Å². The fraction of sp³-hybridized carbons (Fsp3) is 0.625. The Morgan fingerprint density at radius 2 is 1.88 bits per heavy atom. The molecule has 1 heteroatoms. The average Bonchev–Trinajstić information content (AvgIpc) is 2.41. The molecule has 1 nitrogen and oxygen atoms in total. The lowest BCUT2D eigenvalue weighted by atomic mass is 9.65. The summed E-state index contributed by atoms with van der Waals surface area (Å²) >= 11 is 0. The van der Waals surface area contributed by atoms with Crippen LogP contribution < -0.4 is 5.32 Å². The van der Waals surface area contributed by atoms with Crippen molar-refractivity contribution in [2.45, 2.75) is 39.5 Å². The second-order valence-electron chi connectivity index (χ2n) is 5.41. The average molecular weight is 231 g/mol. The van der Waals surface area contributed by atoms with Gasteiger partial charge in [0.1, 0.15) is 0 Å². The SMILES string of the molecule is CCC1(CC)CCNCC1Cc1ccccc1. The van der Waals surface area contributed by atoms with E-state index in [1.807, 2.05) is 0 Å². The Morgan fingerprint density at radius 3 is 2.53 bits per heavy atom. The quantitative estimate of drug-likeness (QED) is 0.834. The smallest absolute Gasteiger partial charge is 0.00120 e. The van der Waals surface area contributed by atoms with Crippen LogP contribution in [0.5, 0.6) is 0 Å². The summed E-state index contributed by atoms with van der Waals surface area (Å²) in [7, 11) is 0. The summed E-state index contributed by atoms with van der Waals surface area (Å²) in [5.41, 5.74) is 2.06. The van der Waals surface area contributed by atoms with E-state index in [-0.39, 0.29) is 0 Å². The highest BCUT2D eigenvalue weighted by molar-refractivity contribution is 5.16. The van der Waals surface area contributed by atoms with Crippen molar-refractivity contribution in [3.63, 3.8) is 0 Å². The first kappa shape index (κ1) is 12.6. The number of benzene rings is 1. The van der Waals surface area contributed by atoms with Gasteiger partial charge in [-0.2, -0.15) is 0 Å². The number of rotatable bonds is 4. The zero-order valence-electron chi connectivity index (χ0n) is 11.2. The molecule has 0 bridgehead atoms. The van der Waals surface area contributed by atoms with Crippen molar-refractivity contribution in [3.8, 4) is 0 Å². The molecule has 1 aromatic carbocycles. The van der Waals surface area contributed by atoms with Gasteiger partial charge in [0.25, 0.3) is 0 Å². The van der Waals surface area contributed by atoms with Crippen LogP contribution in [0.25, 0.3) is 0 Å². The highest BCUT2D eigenvalue weighted by Gasteiger charge is 2.37.